The topological polar surface area (TPSA) is 3.24 Å². The molecule has 1 heteroatoms. The van der Waals surface area contributed by atoms with E-state index < -0.39 is 0 Å². The number of rotatable bonds is 9. The molecule has 38 heavy (non-hydrogen) atoms. The fourth-order valence-electron chi connectivity index (χ4n) is 4.87. The Morgan fingerprint density at radius 3 is 1.34 bits per heavy atom. The van der Waals surface area contributed by atoms with E-state index in [1.165, 1.54) is 33.4 Å². The lowest BCUT2D eigenvalue weighted by Crippen LogP contribution is -2.10. The molecule has 0 fully saturated rings. The molecule has 5 aromatic carbocycles. The average molecular weight is 492 g/mol. The molecule has 0 unspecified atom stereocenters. The fraction of sp³-hybridized carbons (Fsp3) is 0.0811. The van der Waals surface area contributed by atoms with E-state index in [1.807, 2.05) is 6.08 Å². The SMILES string of the molecule is C=C/C=C(\CCC)c1ccc(N(c2ccc(-c3ccccc3)cc2)c2ccc(-c3ccccc3)cc2)cc1. The van der Waals surface area contributed by atoms with Gasteiger partial charge in [0.1, 0.15) is 0 Å². The summed E-state index contributed by atoms with van der Waals surface area (Å²) in [6, 6.07) is 47.6. The molecule has 0 aromatic heterocycles. The molecule has 0 aliphatic rings. The van der Waals surface area contributed by atoms with E-state index in [4.69, 9.17) is 0 Å². The van der Waals surface area contributed by atoms with Gasteiger partial charge in [0.05, 0.1) is 0 Å². The van der Waals surface area contributed by atoms with Crippen LogP contribution in [0.1, 0.15) is 25.3 Å². The molecule has 0 saturated heterocycles. The number of benzene rings is 5. The minimum absolute atomic E-state index is 1.04. The predicted molar refractivity (Wildman–Crippen MR) is 165 cm³/mol. The third kappa shape index (κ3) is 5.68. The minimum atomic E-state index is 1.04. The highest BCUT2D eigenvalue weighted by Crippen LogP contribution is 2.37. The van der Waals surface area contributed by atoms with Gasteiger partial charge in [-0.3, -0.25) is 0 Å². The third-order valence-corrected chi connectivity index (χ3v) is 6.80. The van der Waals surface area contributed by atoms with Crippen LogP contribution in [0, 0.1) is 0 Å². The van der Waals surface area contributed by atoms with Gasteiger partial charge in [-0.1, -0.05) is 129 Å². The summed E-state index contributed by atoms with van der Waals surface area (Å²) in [5.41, 5.74) is 10.8. The van der Waals surface area contributed by atoms with Crippen molar-refractivity contribution in [1.82, 2.24) is 0 Å². The normalized spacial score (nSPS) is 11.2. The van der Waals surface area contributed by atoms with Gasteiger partial charge in [-0.05, 0) is 76.2 Å². The monoisotopic (exact) mass is 491 g/mol. The van der Waals surface area contributed by atoms with Gasteiger partial charge < -0.3 is 4.90 Å². The van der Waals surface area contributed by atoms with Crippen LogP contribution in [-0.4, -0.2) is 0 Å². The van der Waals surface area contributed by atoms with Crippen molar-refractivity contribution < 1.29 is 0 Å². The molecular formula is C37H33N. The minimum Gasteiger partial charge on any atom is -0.311 e. The van der Waals surface area contributed by atoms with E-state index in [9.17, 15) is 0 Å². The molecule has 0 atom stereocenters. The highest BCUT2D eigenvalue weighted by Gasteiger charge is 2.14. The van der Waals surface area contributed by atoms with Gasteiger partial charge in [-0.2, -0.15) is 0 Å². The average Bonchev–Trinajstić information content (AvgIpc) is 2.99. The summed E-state index contributed by atoms with van der Waals surface area (Å²) in [4.78, 5) is 2.32. The Bertz CT molecular complexity index is 1400. The van der Waals surface area contributed by atoms with Crippen LogP contribution in [0.25, 0.3) is 27.8 Å². The number of anilines is 3. The largest absolute Gasteiger partial charge is 0.311 e. The number of hydrogen-bond acceptors (Lipinski definition) is 1. The van der Waals surface area contributed by atoms with Gasteiger partial charge in [0, 0.05) is 17.1 Å². The molecule has 0 bridgehead atoms. The van der Waals surface area contributed by atoms with Gasteiger partial charge >= 0.3 is 0 Å². The lowest BCUT2D eigenvalue weighted by Gasteiger charge is -2.26. The Morgan fingerprint density at radius 2 is 0.947 bits per heavy atom. The molecule has 0 aliphatic carbocycles. The maximum atomic E-state index is 3.91. The molecule has 186 valence electrons. The van der Waals surface area contributed by atoms with Gasteiger partial charge in [-0.15, -0.1) is 0 Å². The van der Waals surface area contributed by atoms with Crippen LogP contribution in [0.4, 0.5) is 17.1 Å². The standard InChI is InChI=1S/C37H33N/c1-3-11-29(12-4-2)32-17-23-35(24-18-32)38(36-25-19-33(20-26-36)30-13-7-5-8-14-30)37-27-21-34(22-28-37)31-15-9-6-10-16-31/h3,5-11,13-28H,1,4,12H2,2H3/b29-11+. The molecule has 5 aromatic rings. The van der Waals surface area contributed by atoms with Crippen LogP contribution in [0.3, 0.4) is 0 Å². The smallest absolute Gasteiger partial charge is 0.0462 e. The predicted octanol–water partition coefficient (Wildman–Crippen LogP) is 10.9. The zero-order chi connectivity index (χ0) is 26.2. The van der Waals surface area contributed by atoms with Crippen LogP contribution in [0.15, 0.2) is 152 Å². The van der Waals surface area contributed by atoms with Crippen molar-refractivity contribution in [3.63, 3.8) is 0 Å². The molecule has 5 rings (SSSR count). The van der Waals surface area contributed by atoms with Crippen molar-refractivity contribution >= 4 is 22.6 Å². The van der Waals surface area contributed by atoms with Gasteiger partial charge in [-0.25, -0.2) is 0 Å². The number of hydrogen-bond donors (Lipinski definition) is 0. The second-order valence-corrected chi connectivity index (χ2v) is 9.39. The number of nitrogens with zero attached hydrogens (tertiary/aromatic N) is 1. The Morgan fingerprint density at radius 1 is 0.553 bits per heavy atom. The molecule has 1 nitrogen and oxygen atoms in total. The van der Waals surface area contributed by atoms with Gasteiger partial charge in [0.25, 0.3) is 0 Å². The Balaban J connectivity index is 1.53. The summed E-state index contributed by atoms with van der Waals surface area (Å²) in [5.74, 6) is 0. The molecule has 0 aliphatic heterocycles. The van der Waals surface area contributed by atoms with Crippen molar-refractivity contribution in [2.24, 2.45) is 0 Å². The summed E-state index contributed by atoms with van der Waals surface area (Å²) in [6.07, 6.45) is 6.15. The molecule has 0 saturated carbocycles. The van der Waals surface area contributed by atoms with E-state index in [2.05, 4.69) is 158 Å². The first-order chi connectivity index (χ1) is 18.8. The first-order valence-electron chi connectivity index (χ1n) is 13.3. The van der Waals surface area contributed by atoms with Crippen LogP contribution in [-0.2, 0) is 0 Å². The van der Waals surface area contributed by atoms with E-state index in [0.29, 0.717) is 0 Å². The van der Waals surface area contributed by atoms with Crippen LogP contribution in [0.5, 0.6) is 0 Å². The van der Waals surface area contributed by atoms with Gasteiger partial charge in [0.2, 0.25) is 0 Å². The molecule has 0 radical (unpaired) electrons. The van der Waals surface area contributed by atoms with Crippen molar-refractivity contribution in [3.8, 4) is 22.3 Å². The van der Waals surface area contributed by atoms with E-state index in [-0.39, 0.29) is 0 Å². The summed E-state index contributed by atoms with van der Waals surface area (Å²) in [6.45, 7) is 6.12. The highest BCUT2D eigenvalue weighted by molar-refractivity contribution is 5.80. The van der Waals surface area contributed by atoms with Crippen molar-refractivity contribution in [3.05, 3.63) is 158 Å². The molecule has 0 N–H and O–H groups in total. The first kappa shape index (κ1) is 25.0. The van der Waals surface area contributed by atoms with Crippen LogP contribution in [0.2, 0.25) is 0 Å². The summed E-state index contributed by atoms with van der Waals surface area (Å²) < 4.78 is 0. The van der Waals surface area contributed by atoms with Crippen molar-refractivity contribution in [2.75, 3.05) is 4.90 Å². The highest BCUT2D eigenvalue weighted by atomic mass is 15.1. The van der Waals surface area contributed by atoms with Gasteiger partial charge in [0.15, 0.2) is 0 Å². The zero-order valence-electron chi connectivity index (χ0n) is 21.9. The third-order valence-electron chi connectivity index (χ3n) is 6.80. The van der Waals surface area contributed by atoms with E-state index >= 15 is 0 Å². The lowest BCUT2D eigenvalue weighted by molar-refractivity contribution is 0.973. The molecule has 0 heterocycles. The molecule has 0 amide bonds. The quantitative estimate of drug-likeness (QED) is 0.185. The van der Waals surface area contributed by atoms with E-state index in [0.717, 1.165) is 29.9 Å². The second kappa shape index (κ2) is 12.1. The molecular weight excluding hydrogens is 458 g/mol. The Labute approximate surface area is 227 Å². The summed E-state index contributed by atoms with van der Waals surface area (Å²) >= 11 is 0. The second-order valence-electron chi connectivity index (χ2n) is 9.39. The van der Waals surface area contributed by atoms with Crippen molar-refractivity contribution in [2.45, 2.75) is 19.8 Å². The summed E-state index contributed by atoms with van der Waals surface area (Å²) in [5, 5.41) is 0. The maximum absolute atomic E-state index is 3.91. The zero-order valence-corrected chi connectivity index (χ0v) is 21.9. The molecule has 0 spiro atoms. The summed E-state index contributed by atoms with van der Waals surface area (Å²) in [7, 11) is 0. The van der Waals surface area contributed by atoms with Crippen LogP contribution < -0.4 is 4.90 Å². The first-order valence-corrected chi connectivity index (χ1v) is 13.3. The fourth-order valence-corrected chi connectivity index (χ4v) is 4.87. The van der Waals surface area contributed by atoms with Crippen molar-refractivity contribution in [1.29, 1.82) is 0 Å². The maximum Gasteiger partial charge on any atom is 0.0462 e. The van der Waals surface area contributed by atoms with E-state index in [1.54, 1.807) is 0 Å². The number of allylic oxidation sites excluding steroid dienone is 3. The van der Waals surface area contributed by atoms with Crippen LogP contribution >= 0.6 is 0 Å². The lowest BCUT2D eigenvalue weighted by atomic mass is 10.00. The Hall–Kier alpha value is -4.62. The Kier molecular flexibility index (Phi) is 7.96.